The van der Waals surface area contributed by atoms with Crippen molar-refractivity contribution in [2.24, 2.45) is 4.99 Å². The first-order chi connectivity index (χ1) is 14.8. The average molecular weight is 419 g/mol. The minimum absolute atomic E-state index is 0.117. The van der Waals surface area contributed by atoms with Crippen LogP contribution in [0, 0.1) is 0 Å². The smallest absolute Gasteiger partial charge is 0.191 e. The molecular weight excluding hydrogens is 380 g/mol. The van der Waals surface area contributed by atoms with Crippen LogP contribution in [0.25, 0.3) is 0 Å². The number of ether oxygens (including phenoxy) is 2. The fourth-order valence-corrected chi connectivity index (χ4v) is 4.93. The molecule has 1 aromatic rings. The molecule has 3 aliphatic rings. The van der Waals surface area contributed by atoms with Crippen molar-refractivity contribution in [2.45, 2.75) is 63.0 Å². The lowest BCUT2D eigenvalue weighted by Crippen LogP contribution is -2.51. The minimum atomic E-state index is 0.117. The van der Waals surface area contributed by atoms with Crippen LogP contribution in [0.15, 0.2) is 27.8 Å². The van der Waals surface area contributed by atoms with Gasteiger partial charge in [-0.2, -0.15) is 0 Å². The SMILES string of the molecule is c1coc(CCNC(=NCCCN2CCOCC2)NC2CCOC3(CCCC3)C2)c1. The molecule has 2 saturated heterocycles. The number of aliphatic imine (C=N–C) groups is 1. The lowest BCUT2D eigenvalue weighted by molar-refractivity contribution is -0.0815. The Morgan fingerprint density at radius 1 is 1.20 bits per heavy atom. The van der Waals surface area contributed by atoms with Crippen molar-refractivity contribution in [2.75, 3.05) is 52.5 Å². The number of hydrogen-bond acceptors (Lipinski definition) is 5. The van der Waals surface area contributed by atoms with Gasteiger partial charge in [0.1, 0.15) is 5.76 Å². The van der Waals surface area contributed by atoms with Crippen LogP contribution >= 0.6 is 0 Å². The second-order valence-corrected chi connectivity index (χ2v) is 8.87. The summed E-state index contributed by atoms with van der Waals surface area (Å²) in [5.74, 6) is 1.94. The van der Waals surface area contributed by atoms with Gasteiger partial charge in [0.25, 0.3) is 0 Å². The van der Waals surface area contributed by atoms with Gasteiger partial charge in [0.15, 0.2) is 5.96 Å². The van der Waals surface area contributed by atoms with Crippen molar-refractivity contribution in [1.29, 1.82) is 0 Å². The number of furan rings is 1. The summed E-state index contributed by atoms with van der Waals surface area (Å²) in [7, 11) is 0. The topological polar surface area (TPSA) is 71.3 Å². The van der Waals surface area contributed by atoms with Crippen LogP contribution in [0.1, 0.15) is 50.7 Å². The van der Waals surface area contributed by atoms with E-state index in [9.17, 15) is 0 Å². The van der Waals surface area contributed by atoms with Gasteiger partial charge in [0, 0.05) is 51.8 Å². The highest BCUT2D eigenvalue weighted by Crippen LogP contribution is 2.39. The fraction of sp³-hybridized carbons (Fsp3) is 0.783. The van der Waals surface area contributed by atoms with Gasteiger partial charge in [-0.15, -0.1) is 0 Å². The maximum atomic E-state index is 6.21. The third kappa shape index (κ3) is 6.46. The Morgan fingerprint density at radius 2 is 2.07 bits per heavy atom. The number of nitrogens with one attached hydrogen (secondary N) is 2. The van der Waals surface area contributed by atoms with E-state index in [1.54, 1.807) is 6.26 Å². The third-order valence-electron chi connectivity index (χ3n) is 6.60. The Balaban J connectivity index is 1.27. The molecule has 3 heterocycles. The second-order valence-electron chi connectivity index (χ2n) is 8.87. The van der Waals surface area contributed by atoms with E-state index in [4.69, 9.17) is 18.9 Å². The van der Waals surface area contributed by atoms with Crippen LogP contribution in [0.4, 0.5) is 0 Å². The van der Waals surface area contributed by atoms with Gasteiger partial charge in [0.2, 0.25) is 0 Å². The molecule has 1 aromatic heterocycles. The predicted octanol–water partition coefficient (Wildman–Crippen LogP) is 2.57. The van der Waals surface area contributed by atoms with Gasteiger partial charge in [-0.3, -0.25) is 9.89 Å². The standard InChI is InChI=1S/C23H38N4O3/c1-2-9-23(8-1)19-20(7-16-30-23)26-22(25-11-6-21-5-3-15-29-21)24-10-4-12-27-13-17-28-18-14-27/h3,5,15,20H,1-2,4,6-14,16-19H2,(H2,24,25,26). The van der Waals surface area contributed by atoms with Crippen LogP contribution < -0.4 is 10.6 Å². The van der Waals surface area contributed by atoms with Gasteiger partial charge in [0.05, 0.1) is 25.1 Å². The van der Waals surface area contributed by atoms with E-state index < -0.39 is 0 Å². The number of nitrogens with zero attached hydrogens (tertiary/aromatic N) is 2. The van der Waals surface area contributed by atoms with Crippen molar-refractivity contribution in [3.63, 3.8) is 0 Å². The summed E-state index contributed by atoms with van der Waals surface area (Å²) in [6, 6.07) is 4.40. The van der Waals surface area contributed by atoms with Crippen molar-refractivity contribution < 1.29 is 13.9 Å². The quantitative estimate of drug-likeness (QED) is 0.384. The lowest BCUT2D eigenvalue weighted by Gasteiger charge is -2.39. The molecule has 0 amide bonds. The van der Waals surface area contributed by atoms with Crippen LogP contribution in [0.3, 0.4) is 0 Å². The van der Waals surface area contributed by atoms with E-state index in [0.29, 0.717) is 6.04 Å². The summed E-state index contributed by atoms with van der Waals surface area (Å²) in [5, 5.41) is 7.25. The number of morpholine rings is 1. The van der Waals surface area contributed by atoms with Crippen molar-refractivity contribution >= 4 is 5.96 Å². The molecule has 0 aromatic carbocycles. The highest BCUT2D eigenvalue weighted by atomic mass is 16.5. The molecule has 1 unspecified atom stereocenters. The first-order valence-electron chi connectivity index (χ1n) is 11.8. The zero-order valence-corrected chi connectivity index (χ0v) is 18.2. The summed E-state index contributed by atoms with van der Waals surface area (Å²) in [4.78, 5) is 7.37. The Morgan fingerprint density at radius 3 is 2.87 bits per heavy atom. The van der Waals surface area contributed by atoms with Gasteiger partial charge < -0.3 is 24.5 Å². The number of rotatable bonds is 8. The maximum Gasteiger partial charge on any atom is 0.191 e. The zero-order valence-electron chi connectivity index (χ0n) is 18.2. The summed E-state index contributed by atoms with van der Waals surface area (Å²) in [5.41, 5.74) is 0.117. The molecule has 4 rings (SSSR count). The van der Waals surface area contributed by atoms with E-state index >= 15 is 0 Å². The number of guanidine groups is 1. The van der Waals surface area contributed by atoms with Gasteiger partial charge in [-0.25, -0.2) is 0 Å². The Bertz CT molecular complexity index is 637. The molecule has 3 fully saturated rings. The summed E-state index contributed by atoms with van der Waals surface area (Å²) < 4.78 is 17.1. The molecule has 0 radical (unpaired) electrons. The van der Waals surface area contributed by atoms with Crippen LogP contribution in [-0.4, -0.2) is 75.0 Å². The summed E-state index contributed by atoms with van der Waals surface area (Å²) in [6.07, 6.45) is 10.8. The van der Waals surface area contributed by atoms with E-state index in [1.165, 1.54) is 25.7 Å². The van der Waals surface area contributed by atoms with Crippen molar-refractivity contribution in [3.8, 4) is 0 Å². The van der Waals surface area contributed by atoms with E-state index in [1.807, 2.05) is 12.1 Å². The first-order valence-corrected chi connectivity index (χ1v) is 11.8. The fourth-order valence-electron chi connectivity index (χ4n) is 4.93. The van der Waals surface area contributed by atoms with Crippen LogP contribution in [-0.2, 0) is 15.9 Å². The molecule has 2 aliphatic heterocycles. The summed E-state index contributed by atoms with van der Waals surface area (Å²) >= 11 is 0. The highest BCUT2D eigenvalue weighted by molar-refractivity contribution is 5.80. The van der Waals surface area contributed by atoms with Crippen molar-refractivity contribution in [1.82, 2.24) is 15.5 Å². The average Bonchev–Trinajstić information content (AvgIpc) is 3.44. The molecule has 1 atom stereocenters. The monoisotopic (exact) mass is 418 g/mol. The molecule has 2 N–H and O–H groups in total. The highest BCUT2D eigenvalue weighted by Gasteiger charge is 2.40. The summed E-state index contributed by atoms with van der Waals surface area (Å²) in [6.45, 7) is 7.40. The molecule has 1 spiro atoms. The molecular formula is C23H38N4O3. The predicted molar refractivity (Wildman–Crippen MR) is 118 cm³/mol. The van der Waals surface area contributed by atoms with E-state index in [2.05, 4.69) is 15.5 Å². The van der Waals surface area contributed by atoms with E-state index in [-0.39, 0.29) is 5.60 Å². The Labute approximate surface area is 180 Å². The molecule has 30 heavy (non-hydrogen) atoms. The molecule has 7 nitrogen and oxygen atoms in total. The zero-order chi connectivity index (χ0) is 20.5. The van der Waals surface area contributed by atoms with Crippen LogP contribution in [0.5, 0.6) is 0 Å². The molecule has 0 bridgehead atoms. The normalized spacial score (nSPS) is 24.9. The molecule has 1 saturated carbocycles. The maximum absolute atomic E-state index is 6.21. The Hall–Kier alpha value is -1.57. The molecule has 168 valence electrons. The van der Waals surface area contributed by atoms with E-state index in [0.717, 1.165) is 89.9 Å². The van der Waals surface area contributed by atoms with Crippen LogP contribution in [0.2, 0.25) is 0 Å². The molecule has 1 aliphatic carbocycles. The van der Waals surface area contributed by atoms with Gasteiger partial charge in [-0.1, -0.05) is 12.8 Å². The minimum Gasteiger partial charge on any atom is -0.469 e. The second kappa shape index (κ2) is 11.2. The van der Waals surface area contributed by atoms with Crippen molar-refractivity contribution in [3.05, 3.63) is 24.2 Å². The lowest BCUT2D eigenvalue weighted by atomic mass is 9.89. The first kappa shape index (κ1) is 21.7. The third-order valence-corrected chi connectivity index (χ3v) is 6.60. The Kier molecular flexibility index (Phi) is 8.06. The van der Waals surface area contributed by atoms with Gasteiger partial charge >= 0.3 is 0 Å². The largest absolute Gasteiger partial charge is 0.469 e. The van der Waals surface area contributed by atoms with Gasteiger partial charge in [-0.05, 0) is 44.2 Å². The number of hydrogen-bond donors (Lipinski definition) is 2. The molecule has 7 heteroatoms.